The first-order valence-electron chi connectivity index (χ1n) is 12.7. The Balaban J connectivity index is 1.73. The zero-order chi connectivity index (χ0) is 27.2. The Labute approximate surface area is 219 Å². The fourth-order valence-corrected chi connectivity index (χ4v) is 5.60. The smallest absolute Gasteiger partial charge is 0.311 e. The van der Waals surface area contributed by atoms with Crippen LogP contribution in [0.2, 0.25) is 0 Å². The van der Waals surface area contributed by atoms with Gasteiger partial charge in [-0.05, 0) is 29.9 Å². The van der Waals surface area contributed by atoms with Crippen molar-refractivity contribution in [2.45, 2.75) is 58.0 Å². The third-order valence-electron chi connectivity index (χ3n) is 7.11. The van der Waals surface area contributed by atoms with E-state index in [4.69, 9.17) is 4.74 Å². The monoisotopic (exact) mass is 521 g/mol. The number of aromatic nitrogens is 2. The molecule has 9 heteroatoms. The van der Waals surface area contributed by atoms with E-state index >= 15 is 4.39 Å². The molecule has 3 heterocycles. The number of carbonyl (C=O) groups is 2. The number of halogens is 2. The third-order valence-corrected chi connectivity index (χ3v) is 7.11. The van der Waals surface area contributed by atoms with Crippen molar-refractivity contribution in [3.8, 4) is 5.75 Å². The molecule has 0 aliphatic carbocycles. The predicted octanol–water partition coefficient (Wildman–Crippen LogP) is 4.85. The van der Waals surface area contributed by atoms with E-state index in [0.717, 1.165) is 12.3 Å². The molecule has 2 aliphatic heterocycles. The number of esters is 1. The number of benzene rings is 2. The van der Waals surface area contributed by atoms with E-state index in [0.29, 0.717) is 24.9 Å². The molecular weight excluding hydrogens is 492 g/mol. The number of rotatable bonds is 5. The molecule has 0 radical (unpaired) electrons. The average molecular weight is 522 g/mol. The van der Waals surface area contributed by atoms with Gasteiger partial charge in [0.25, 0.3) is 5.91 Å². The second kappa shape index (κ2) is 9.78. The van der Waals surface area contributed by atoms with Crippen molar-refractivity contribution in [2.24, 2.45) is 5.41 Å². The minimum absolute atomic E-state index is 0.0271. The van der Waals surface area contributed by atoms with E-state index in [2.05, 4.69) is 5.10 Å². The van der Waals surface area contributed by atoms with Gasteiger partial charge in [0.1, 0.15) is 0 Å². The van der Waals surface area contributed by atoms with Crippen LogP contribution in [0.25, 0.3) is 0 Å². The molecule has 3 atom stereocenters. The van der Waals surface area contributed by atoms with Gasteiger partial charge >= 0.3 is 5.97 Å². The van der Waals surface area contributed by atoms with Crippen LogP contribution in [0.4, 0.5) is 8.78 Å². The number of amides is 1. The number of fused-ring (bicyclic) bond motifs is 2. The maximum Gasteiger partial charge on any atom is 0.311 e. The lowest BCUT2D eigenvalue weighted by Crippen LogP contribution is -2.51. The maximum absolute atomic E-state index is 15.4. The summed E-state index contributed by atoms with van der Waals surface area (Å²) in [5.74, 6) is -4.23. The lowest BCUT2D eigenvalue weighted by atomic mass is 9.79. The van der Waals surface area contributed by atoms with Crippen LogP contribution in [0.5, 0.6) is 5.75 Å². The summed E-state index contributed by atoms with van der Waals surface area (Å²) in [7, 11) is 0. The molecule has 7 nitrogen and oxygen atoms in total. The molecule has 1 saturated heterocycles. The summed E-state index contributed by atoms with van der Waals surface area (Å²) in [6.07, 6.45) is 2.35. The molecule has 0 unspecified atom stereocenters. The Kier molecular flexibility index (Phi) is 6.63. The van der Waals surface area contributed by atoms with Crippen LogP contribution in [0.1, 0.15) is 73.6 Å². The van der Waals surface area contributed by atoms with Crippen molar-refractivity contribution in [2.75, 3.05) is 6.54 Å². The molecule has 198 valence electrons. The van der Waals surface area contributed by atoms with Gasteiger partial charge in [-0.1, -0.05) is 63.2 Å². The molecule has 1 fully saturated rings. The standard InChI is InChI=1S/C29H29F2N3O4/c1-29(2,3)15-22(36)38-27-21(35)16-32-34-25(20-13-8-14-33(20)28(37)26(27)34)23(17-9-5-4-6-10-17)18-11-7-12-19(30)24(18)31/h4-7,9-12,16,20,23,25H,8,13-15H2,1-3H3/t20-,23-,25-/m1/s1. The summed E-state index contributed by atoms with van der Waals surface area (Å²) in [4.78, 5) is 41.0. The van der Waals surface area contributed by atoms with Gasteiger partial charge in [0, 0.05) is 18.0 Å². The van der Waals surface area contributed by atoms with Crippen molar-refractivity contribution in [3.05, 3.63) is 93.4 Å². The van der Waals surface area contributed by atoms with Crippen LogP contribution >= 0.6 is 0 Å². The fourth-order valence-electron chi connectivity index (χ4n) is 5.60. The van der Waals surface area contributed by atoms with Gasteiger partial charge in [-0.2, -0.15) is 5.10 Å². The molecule has 1 amide bonds. The second-order valence-corrected chi connectivity index (χ2v) is 11.1. The van der Waals surface area contributed by atoms with Crippen molar-refractivity contribution < 1.29 is 23.1 Å². The molecule has 5 rings (SSSR count). The zero-order valence-electron chi connectivity index (χ0n) is 21.5. The van der Waals surface area contributed by atoms with Crippen molar-refractivity contribution in [1.29, 1.82) is 0 Å². The lowest BCUT2D eigenvalue weighted by molar-refractivity contribution is -0.136. The van der Waals surface area contributed by atoms with E-state index < -0.39 is 52.4 Å². The summed E-state index contributed by atoms with van der Waals surface area (Å²) in [5, 5.41) is 4.33. The van der Waals surface area contributed by atoms with E-state index in [1.807, 2.05) is 39.0 Å². The van der Waals surface area contributed by atoms with Gasteiger partial charge in [0.15, 0.2) is 17.3 Å². The van der Waals surface area contributed by atoms with Crippen molar-refractivity contribution in [1.82, 2.24) is 14.7 Å². The topological polar surface area (TPSA) is 81.5 Å². The Morgan fingerprint density at radius 3 is 2.55 bits per heavy atom. The molecule has 1 aromatic heterocycles. The van der Waals surface area contributed by atoms with Gasteiger partial charge in [-0.3, -0.25) is 14.4 Å². The van der Waals surface area contributed by atoms with Crippen molar-refractivity contribution >= 4 is 11.9 Å². The molecule has 0 bridgehead atoms. The van der Waals surface area contributed by atoms with Gasteiger partial charge in [-0.25, -0.2) is 13.5 Å². The number of ether oxygens (including phenoxy) is 1. The minimum Gasteiger partial charge on any atom is -0.420 e. The highest BCUT2D eigenvalue weighted by Gasteiger charge is 2.49. The minimum atomic E-state index is -0.984. The normalized spacial score (nSPS) is 19.6. The van der Waals surface area contributed by atoms with Crippen molar-refractivity contribution in [3.63, 3.8) is 0 Å². The third kappa shape index (κ3) is 4.61. The number of hydrogen-bond donors (Lipinski definition) is 0. The first-order chi connectivity index (χ1) is 18.1. The Hall–Kier alpha value is -3.88. The summed E-state index contributed by atoms with van der Waals surface area (Å²) >= 11 is 0. The molecule has 0 saturated carbocycles. The Morgan fingerprint density at radius 2 is 1.84 bits per heavy atom. The lowest BCUT2D eigenvalue weighted by Gasteiger charge is -2.42. The highest BCUT2D eigenvalue weighted by molar-refractivity contribution is 5.97. The van der Waals surface area contributed by atoms with E-state index in [1.54, 1.807) is 17.0 Å². The molecule has 3 aromatic rings. The highest BCUT2D eigenvalue weighted by Crippen LogP contribution is 2.46. The van der Waals surface area contributed by atoms with Crippen LogP contribution in [-0.2, 0) is 4.79 Å². The summed E-state index contributed by atoms with van der Waals surface area (Å²) in [6, 6.07) is 12.0. The van der Waals surface area contributed by atoms with Crippen LogP contribution < -0.4 is 10.2 Å². The molecule has 0 spiro atoms. The van der Waals surface area contributed by atoms with Gasteiger partial charge in [0.05, 0.1) is 24.7 Å². The fraction of sp³-hybridized carbons (Fsp3) is 0.379. The largest absolute Gasteiger partial charge is 0.420 e. The summed E-state index contributed by atoms with van der Waals surface area (Å²) < 4.78 is 36.8. The number of nitrogens with zero attached hydrogens (tertiary/aromatic N) is 3. The SMILES string of the molecule is CC(C)(C)CC(=O)Oc1c2n(ncc1=O)[C@@H]([C@H](c1ccccc1)c1cccc(F)c1F)[C@H]1CCCN1C2=O. The first-order valence-corrected chi connectivity index (χ1v) is 12.7. The van der Waals surface area contributed by atoms with Crippen LogP contribution in [0.15, 0.2) is 59.5 Å². The zero-order valence-corrected chi connectivity index (χ0v) is 21.5. The van der Waals surface area contributed by atoms with E-state index in [1.165, 1.54) is 16.8 Å². The first kappa shape index (κ1) is 25.8. The quantitative estimate of drug-likeness (QED) is 0.448. The average Bonchev–Trinajstić information content (AvgIpc) is 3.35. The maximum atomic E-state index is 15.4. The highest BCUT2D eigenvalue weighted by atomic mass is 19.2. The van der Waals surface area contributed by atoms with Gasteiger partial charge in [0.2, 0.25) is 11.2 Å². The number of carbonyl (C=O) groups excluding carboxylic acids is 2. The molecule has 2 aromatic carbocycles. The molecule has 38 heavy (non-hydrogen) atoms. The van der Waals surface area contributed by atoms with Crippen LogP contribution in [-0.4, -0.2) is 39.1 Å². The Morgan fingerprint density at radius 1 is 1.11 bits per heavy atom. The van der Waals surface area contributed by atoms with Gasteiger partial charge < -0.3 is 9.64 Å². The predicted molar refractivity (Wildman–Crippen MR) is 136 cm³/mol. The van der Waals surface area contributed by atoms with E-state index in [9.17, 15) is 18.8 Å². The molecule has 0 N–H and O–H groups in total. The Bertz CT molecular complexity index is 1450. The molecular formula is C29H29F2N3O4. The van der Waals surface area contributed by atoms with Gasteiger partial charge in [-0.15, -0.1) is 0 Å². The van der Waals surface area contributed by atoms with E-state index in [-0.39, 0.29) is 23.4 Å². The summed E-state index contributed by atoms with van der Waals surface area (Å²) in [5.41, 5.74) is -0.446. The second-order valence-electron chi connectivity index (χ2n) is 11.1. The number of hydrogen-bond acceptors (Lipinski definition) is 5. The molecule has 2 aliphatic rings. The van der Waals surface area contributed by atoms with Crippen LogP contribution in [0.3, 0.4) is 0 Å². The van der Waals surface area contributed by atoms with Crippen LogP contribution in [0, 0.1) is 17.0 Å². The summed E-state index contributed by atoms with van der Waals surface area (Å²) in [6.45, 7) is 6.00.